The topological polar surface area (TPSA) is 54.9 Å². The summed E-state index contributed by atoms with van der Waals surface area (Å²) < 4.78 is 1.59. The Morgan fingerprint density at radius 3 is 2.60 bits per heavy atom. The van der Waals surface area contributed by atoms with E-state index >= 15 is 0 Å². The number of rotatable bonds is 5. The number of hydrogen-bond donors (Lipinski definition) is 1. The van der Waals surface area contributed by atoms with Crippen LogP contribution in [0.4, 0.5) is 0 Å². The molecule has 0 aliphatic carbocycles. The van der Waals surface area contributed by atoms with Gasteiger partial charge in [-0.25, -0.2) is 4.79 Å². The van der Waals surface area contributed by atoms with Crippen LogP contribution in [0.1, 0.15) is 38.7 Å². The highest BCUT2D eigenvalue weighted by molar-refractivity contribution is 5.03. The molecule has 0 amide bonds. The van der Waals surface area contributed by atoms with Gasteiger partial charge in [-0.05, 0) is 12.8 Å². The molecule has 1 rings (SSSR count). The summed E-state index contributed by atoms with van der Waals surface area (Å²) in [6.07, 6.45) is 5.54. The lowest BCUT2D eigenvalue weighted by atomic mass is 10.2. The maximum Gasteiger partial charge on any atom is 0.328 e. The van der Waals surface area contributed by atoms with Crippen LogP contribution < -0.4 is 11.2 Å². The van der Waals surface area contributed by atoms with Crippen LogP contribution in [-0.4, -0.2) is 9.55 Å². The molecule has 1 aromatic rings. The van der Waals surface area contributed by atoms with Crippen molar-refractivity contribution in [1.29, 1.82) is 0 Å². The van der Waals surface area contributed by atoms with Crippen molar-refractivity contribution in [3.05, 3.63) is 32.6 Å². The van der Waals surface area contributed by atoms with Crippen LogP contribution >= 0.6 is 0 Å². The standard InChI is InChI=1S/C11H18N2O2/c1-3-5-6-7-13-8-9(4-2)10(14)12-11(13)15/h8H,3-7H2,1-2H3,(H,12,14,15). The number of aryl methyl sites for hydroxylation is 2. The van der Waals surface area contributed by atoms with Gasteiger partial charge in [0.1, 0.15) is 0 Å². The summed E-state index contributed by atoms with van der Waals surface area (Å²) in [5.74, 6) is 0. The van der Waals surface area contributed by atoms with E-state index in [-0.39, 0.29) is 11.2 Å². The zero-order valence-corrected chi connectivity index (χ0v) is 9.38. The second kappa shape index (κ2) is 5.53. The van der Waals surface area contributed by atoms with Crippen molar-refractivity contribution in [1.82, 2.24) is 9.55 Å². The third kappa shape index (κ3) is 3.08. The van der Waals surface area contributed by atoms with E-state index in [9.17, 15) is 9.59 Å². The van der Waals surface area contributed by atoms with E-state index in [1.54, 1.807) is 10.8 Å². The van der Waals surface area contributed by atoms with E-state index < -0.39 is 0 Å². The minimum Gasteiger partial charge on any atom is -0.300 e. The number of aromatic nitrogens is 2. The van der Waals surface area contributed by atoms with Crippen LogP contribution in [0.5, 0.6) is 0 Å². The number of H-pyrrole nitrogens is 1. The molecule has 0 aliphatic heterocycles. The highest BCUT2D eigenvalue weighted by atomic mass is 16.2. The van der Waals surface area contributed by atoms with Crippen molar-refractivity contribution < 1.29 is 0 Å². The molecule has 0 bridgehead atoms. The van der Waals surface area contributed by atoms with Gasteiger partial charge in [-0.2, -0.15) is 0 Å². The van der Waals surface area contributed by atoms with Gasteiger partial charge in [0.05, 0.1) is 0 Å². The minimum absolute atomic E-state index is 0.255. The van der Waals surface area contributed by atoms with Gasteiger partial charge in [-0.3, -0.25) is 9.78 Å². The zero-order valence-electron chi connectivity index (χ0n) is 9.38. The second-order valence-electron chi connectivity index (χ2n) is 3.67. The molecule has 15 heavy (non-hydrogen) atoms. The monoisotopic (exact) mass is 210 g/mol. The molecule has 1 aromatic heterocycles. The third-order valence-corrected chi connectivity index (χ3v) is 2.47. The fraction of sp³-hybridized carbons (Fsp3) is 0.636. The SMILES string of the molecule is CCCCCn1cc(CC)c(=O)[nH]c1=O. The highest BCUT2D eigenvalue weighted by Gasteiger charge is 2.01. The summed E-state index contributed by atoms with van der Waals surface area (Å²) in [6.45, 7) is 4.72. The first kappa shape index (κ1) is 11.8. The van der Waals surface area contributed by atoms with Crippen molar-refractivity contribution in [2.75, 3.05) is 0 Å². The summed E-state index contributed by atoms with van der Waals surface area (Å²) >= 11 is 0. The fourth-order valence-electron chi connectivity index (χ4n) is 1.50. The van der Waals surface area contributed by atoms with Gasteiger partial charge in [0.25, 0.3) is 5.56 Å². The van der Waals surface area contributed by atoms with Gasteiger partial charge in [0.2, 0.25) is 0 Å². The Bertz CT molecular complexity index is 417. The molecule has 4 heteroatoms. The first-order valence-corrected chi connectivity index (χ1v) is 5.51. The summed E-state index contributed by atoms with van der Waals surface area (Å²) in [7, 11) is 0. The first-order chi connectivity index (χ1) is 7.19. The molecule has 0 saturated carbocycles. The molecule has 1 N–H and O–H groups in total. The average molecular weight is 210 g/mol. The molecule has 4 nitrogen and oxygen atoms in total. The Balaban J connectivity index is 2.88. The molecule has 0 radical (unpaired) electrons. The van der Waals surface area contributed by atoms with E-state index in [0.717, 1.165) is 19.3 Å². The molecule has 0 fully saturated rings. The van der Waals surface area contributed by atoms with Crippen LogP contribution in [0.15, 0.2) is 15.8 Å². The molecule has 0 aromatic carbocycles. The highest BCUT2D eigenvalue weighted by Crippen LogP contribution is 1.97. The number of nitrogens with one attached hydrogen (secondary N) is 1. The van der Waals surface area contributed by atoms with Crippen LogP contribution in [-0.2, 0) is 13.0 Å². The smallest absolute Gasteiger partial charge is 0.300 e. The Hall–Kier alpha value is -1.32. The number of hydrogen-bond acceptors (Lipinski definition) is 2. The van der Waals surface area contributed by atoms with Gasteiger partial charge in [-0.15, -0.1) is 0 Å². The van der Waals surface area contributed by atoms with E-state index in [1.165, 1.54) is 0 Å². The summed E-state index contributed by atoms with van der Waals surface area (Å²) in [5.41, 5.74) is 0.119. The Morgan fingerprint density at radius 1 is 1.27 bits per heavy atom. The van der Waals surface area contributed by atoms with Crippen molar-refractivity contribution in [2.24, 2.45) is 0 Å². The third-order valence-electron chi connectivity index (χ3n) is 2.47. The molecule has 0 saturated heterocycles. The van der Waals surface area contributed by atoms with Crippen LogP contribution in [0.25, 0.3) is 0 Å². The Morgan fingerprint density at radius 2 is 2.00 bits per heavy atom. The van der Waals surface area contributed by atoms with Crippen molar-refractivity contribution in [3.63, 3.8) is 0 Å². The van der Waals surface area contributed by atoms with Gasteiger partial charge in [0.15, 0.2) is 0 Å². The lowest BCUT2D eigenvalue weighted by Crippen LogP contribution is -2.31. The van der Waals surface area contributed by atoms with Gasteiger partial charge < -0.3 is 4.57 Å². The summed E-state index contributed by atoms with van der Waals surface area (Å²) in [5, 5.41) is 0. The predicted molar refractivity (Wildman–Crippen MR) is 60.2 cm³/mol. The van der Waals surface area contributed by atoms with E-state index in [2.05, 4.69) is 11.9 Å². The molecule has 0 atom stereocenters. The minimum atomic E-state index is -0.298. The number of nitrogens with zero attached hydrogens (tertiary/aromatic N) is 1. The summed E-state index contributed by atoms with van der Waals surface area (Å²) in [4.78, 5) is 25.0. The molecule has 0 aliphatic rings. The molecule has 0 spiro atoms. The molecular formula is C11H18N2O2. The normalized spacial score (nSPS) is 10.5. The van der Waals surface area contributed by atoms with E-state index in [0.29, 0.717) is 18.5 Å². The lowest BCUT2D eigenvalue weighted by Gasteiger charge is -2.05. The lowest BCUT2D eigenvalue weighted by molar-refractivity contribution is 0.571. The Kier molecular flexibility index (Phi) is 4.34. The van der Waals surface area contributed by atoms with Gasteiger partial charge in [-0.1, -0.05) is 26.7 Å². The molecule has 84 valence electrons. The zero-order chi connectivity index (χ0) is 11.3. The maximum absolute atomic E-state index is 11.4. The maximum atomic E-state index is 11.4. The Labute approximate surface area is 89.0 Å². The van der Waals surface area contributed by atoms with Crippen LogP contribution in [0, 0.1) is 0 Å². The van der Waals surface area contributed by atoms with E-state index in [4.69, 9.17) is 0 Å². The van der Waals surface area contributed by atoms with Crippen molar-refractivity contribution in [2.45, 2.75) is 46.1 Å². The first-order valence-electron chi connectivity index (χ1n) is 5.51. The van der Waals surface area contributed by atoms with E-state index in [1.807, 2.05) is 6.92 Å². The quantitative estimate of drug-likeness (QED) is 0.744. The largest absolute Gasteiger partial charge is 0.328 e. The molecule has 1 heterocycles. The summed E-state index contributed by atoms with van der Waals surface area (Å²) in [6, 6.07) is 0. The second-order valence-corrected chi connectivity index (χ2v) is 3.67. The number of aromatic amines is 1. The van der Waals surface area contributed by atoms with Gasteiger partial charge >= 0.3 is 5.69 Å². The predicted octanol–water partition coefficient (Wildman–Crippen LogP) is 1.29. The van der Waals surface area contributed by atoms with Crippen LogP contribution in [0.3, 0.4) is 0 Å². The average Bonchev–Trinajstić information content (AvgIpc) is 2.21. The molecular weight excluding hydrogens is 192 g/mol. The fourth-order valence-corrected chi connectivity index (χ4v) is 1.50. The molecule has 0 unspecified atom stereocenters. The van der Waals surface area contributed by atoms with Crippen molar-refractivity contribution in [3.8, 4) is 0 Å². The van der Waals surface area contributed by atoms with Crippen LogP contribution in [0.2, 0.25) is 0 Å². The van der Waals surface area contributed by atoms with Crippen molar-refractivity contribution >= 4 is 0 Å². The van der Waals surface area contributed by atoms with Gasteiger partial charge in [0, 0.05) is 18.3 Å². The number of unbranched alkanes of at least 4 members (excludes halogenated alkanes) is 2.